The predicted octanol–water partition coefficient (Wildman–Crippen LogP) is 8.85. The first-order chi connectivity index (χ1) is 20.0. The minimum Gasteiger partial charge on any atom is -0.489 e. The maximum Gasteiger partial charge on any atom is 0.266 e. The maximum absolute atomic E-state index is 13.1. The molecule has 0 aliphatic carbocycles. The number of nitriles is 1. The van der Waals surface area contributed by atoms with Crippen LogP contribution in [0.3, 0.4) is 0 Å². The van der Waals surface area contributed by atoms with Crippen molar-refractivity contribution < 1.29 is 14.3 Å². The summed E-state index contributed by atoms with van der Waals surface area (Å²) in [4.78, 5) is 13.1. The zero-order chi connectivity index (χ0) is 28.6. The first-order valence-corrected chi connectivity index (χ1v) is 13.5. The van der Waals surface area contributed by atoms with Crippen LogP contribution in [0.4, 0.5) is 5.69 Å². The summed E-state index contributed by atoms with van der Waals surface area (Å²) in [5.41, 5.74) is 2.99. The van der Waals surface area contributed by atoms with E-state index in [2.05, 4.69) is 5.32 Å². The smallest absolute Gasteiger partial charge is 0.266 e. The second-order valence-corrected chi connectivity index (χ2v) is 9.97. The molecular weight excluding hydrogens is 555 g/mol. The highest BCUT2D eigenvalue weighted by atomic mass is 35.5. The van der Waals surface area contributed by atoms with E-state index in [1.165, 1.54) is 0 Å². The summed E-state index contributed by atoms with van der Waals surface area (Å²) in [7, 11) is 0. The SMILES string of the molecule is N#C/C(=C\c1c(OCc2ccc(Cl)c(Cl)c2)ccc2ccccc12)C(=O)Nc1ccc(OCc2ccccc2)cc1. The largest absolute Gasteiger partial charge is 0.489 e. The van der Waals surface area contributed by atoms with Crippen LogP contribution >= 0.6 is 23.2 Å². The number of nitrogens with zero attached hydrogens (tertiary/aromatic N) is 1. The summed E-state index contributed by atoms with van der Waals surface area (Å²) in [6, 6.07) is 35.7. The van der Waals surface area contributed by atoms with Gasteiger partial charge in [0.15, 0.2) is 0 Å². The number of hydrogen-bond acceptors (Lipinski definition) is 4. The average Bonchev–Trinajstić information content (AvgIpc) is 3.00. The van der Waals surface area contributed by atoms with Crippen LogP contribution in [0.15, 0.2) is 115 Å². The number of carbonyl (C=O) groups excluding carboxylic acids is 1. The Morgan fingerprint density at radius 2 is 1.51 bits per heavy atom. The Labute approximate surface area is 248 Å². The molecule has 0 saturated heterocycles. The molecular formula is C34H24Cl2N2O3. The fourth-order valence-corrected chi connectivity index (χ4v) is 4.53. The average molecular weight is 579 g/mol. The summed E-state index contributed by atoms with van der Waals surface area (Å²) >= 11 is 12.2. The Morgan fingerprint density at radius 3 is 2.27 bits per heavy atom. The molecule has 202 valence electrons. The van der Waals surface area contributed by atoms with Crippen LogP contribution in [-0.4, -0.2) is 5.91 Å². The molecule has 5 aromatic rings. The molecule has 0 spiro atoms. The number of hydrogen-bond donors (Lipinski definition) is 1. The molecule has 0 unspecified atom stereocenters. The second kappa shape index (κ2) is 13.1. The lowest BCUT2D eigenvalue weighted by Gasteiger charge is -2.13. The summed E-state index contributed by atoms with van der Waals surface area (Å²) < 4.78 is 12.0. The van der Waals surface area contributed by atoms with Crippen molar-refractivity contribution >= 4 is 51.6 Å². The van der Waals surface area contributed by atoms with Crippen LogP contribution in [-0.2, 0) is 18.0 Å². The van der Waals surface area contributed by atoms with Crippen LogP contribution in [0, 0.1) is 11.3 Å². The molecule has 7 heteroatoms. The molecule has 5 aromatic carbocycles. The van der Waals surface area contributed by atoms with Crippen molar-refractivity contribution in [3.05, 3.63) is 142 Å². The Morgan fingerprint density at radius 1 is 0.780 bits per heavy atom. The van der Waals surface area contributed by atoms with Gasteiger partial charge in [-0.05, 0) is 70.4 Å². The predicted molar refractivity (Wildman–Crippen MR) is 164 cm³/mol. The van der Waals surface area contributed by atoms with Gasteiger partial charge in [-0.2, -0.15) is 5.26 Å². The molecule has 0 fully saturated rings. The fraction of sp³-hybridized carbons (Fsp3) is 0.0588. The van der Waals surface area contributed by atoms with E-state index in [9.17, 15) is 10.1 Å². The number of nitrogens with one attached hydrogen (secondary N) is 1. The third-order valence-corrected chi connectivity index (χ3v) is 7.06. The normalized spacial score (nSPS) is 11.1. The number of rotatable bonds is 9. The van der Waals surface area contributed by atoms with Gasteiger partial charge >= 0.3 is 0 Å². The van der Waals surface area contributed by atoms with Gasteiger partial charge < -0.3 is 14.8 Å². The number of benzene rings is 5. The van der Waals surface area contributed by atoms with Crippen molar-refractivity contribution in [1.29, 1.82) is 5.26 Å². The van der Waals surface area contributed by atoms with Gasteiger partial charge in [-0.25, -0.2) is 0 Å². The van der Waals surface area contributed by atoms with E-state index >= 15 is 0 Å². The van der Waals surface area contributed by atoms with Crippen LogP contribution in [0.2, 0.25) is 10.0 Å². The van der Waals surface area contributed by atoms with Crippen molar-refractivity contribution in [3.63, 3.8) is 0 Å². The van der Waals surface area contributed by atoms with E-state index in [4.69, 9.17) is 32.7 Å². The minimum atomic E-state index is -0.533. The zero-order valence-corrected chi connectivity index (χ0v) is 23.3. The monoisotopic (exact) mass is 578 g/mol. The number of carbonyl (C=O) groups is 1. The van der Waals surface area contributed by atoms with Crippen molar-refractivity contribution in [2.75, 3.05) is 5.32 Å². The van der Waals surface area contributed by atoms with E-state index in [0.717, 1.165) is 21.9 Å². The third kappa shape index (κ3) is 7.06. The maximum atomic E-state index is 13.1. The Hall–Kier alpha value is -4.76. The number of ether oxygens (including phenoxy) is 2. The van der Waals surface area contributed by atoms with Gasteiger partial charge in [0.25, 0.3) is 5.91 Å². The van der Waals surface area contributed by atoms with Crippen LogP contribution in [0.5, 0.6) is 11.5 Å². The zero-order valence-electron chi connectivity index (χ0n) is 21.8. The molecule has 5 nitrogen and oxygen atoms in total. The van der Waals surface area contributed by atoms with Gasteiger partial charge in [0.1, 0.15) is 36.4 Å². The first-order valence-electron chi connectivity index (χ1n) is 12.8. The minimum absolute atomic E-state index is 0.0647. The summed E-state index contributed by atoms with van der Waals surface area (Å²) in [6.45, 7) is 0.664. The molecule has 0 aromatic heterocycles. The topological polar surface area (TPSA) is 71.3 Å². The fourth-order valence-electron chi connectivity index (χ4n) is 4.21. The number of halogens is 2. The lowest BCUT2D eigenvalue weighted by atomic mass is 10.0. The summed E-state index contributed by atoms with van der Waals surface area (Å²) in [5, 5.41) is 15.4. The molecule has 0 bridgehead atoms. The molecule has 0 heterocycles. The van der Waals surface area contributed by atoms with E-state index in [0.29, 0.717) is 39.4 Å². The van der Waals surface area contributed by atoms with Crippen LogP contribution < -0.4 is 14.8 Å². The Kier molecular flexibility index (Phi) is 8.85. The number of amides is 1. The van der Waals surface area contributed by atoms with Crippen LogP contribution in [0.25, 0.3) is 16.8 Å². The molecule has 0 aliphatic rings. The van der Waals surface area contributed by atoms with Crippen molar-refractivity contribution in [3.8, 4) is 17.6 Å². The standard InChI is InChI=1S/C34H24Cl2N2O3/c35-31-16-10-24(18-32(31)36)22-41-33-17-11-25-8-4-5-9-29(25)30(33)19-26(20-37)34(39)38-27-12-14-28(15-13-27)40-21-23-6-2-1-3-7-23/h1-19H,21-22H2,(H,38,39)/b26-19+. The van der Waals surface area contributed by atoms with E-state index in [1.807, 2.05) is 78.9 Å². The first kappa shape index (κ1) is 27.8. The van der Waals surface area contributed by atoms with Crippen LogP contribution in [0.1, 0.15) is 16.7 Å². The van der Waals surface area contributed by atoms with E-state index in [1.54, 1.807) is 42.5 Å². The van der Waals surface area contributed by atoms with E-state index in [-0.39, 0.29) is 12.2 Å². The molecule has 0 aliphatic heterocycles. The van der Waals surface area contributed by atoms with Gasteiger partial charge in [0.2, 0.25) is 0 Å². The summed E-state index contributed by atoms with van der Waals surface area (Å²) in [6.07, 6.45) is 1.55. The molecule has 0 atom stereocenters. The highest BCUT2D eigenvalue weighted by molar-refractivity contribution is 6.42. The highest BCUT2D eigenvalue weighted by Gasteiger charge is 2.14. The van der Waals surface area contributed by atoms with Crippen molar-refractivity contribution in [1.82, 2.24) is 0 Å². The molecule has 41 heavy (non-hydrogen) atoms. The highest BCUT2D eigenvalue weighted by Crippen LogP contribution is 2.32. The van der Waals surface area contributed by atoms with Gasteiger partial charge in [-0.1, -0.05) is 89.9 Å². The summed E-state index contributed by atoms with van der Waals surface area (Å²) in [5.74, 6) is 0.659. The van der Waals surface area contributed by atoms with Gasteiger partial charge in [-0.3, -0.25) is 4.79 Å². The third-order valence-electron chi connectivity index (χ3n) is 6.32. The number of fused-ring (bicyclic) bond motifs is 1. The second-order valence-electron chi connectivity index (χ2n) is 9.16. The molecule has 0 radical (unpaired) electrons. The lowest BCUT2D eigenvalue weighted by Crippen LogP contribution is -2.13. The molecule has 1 N–H and O–H groups in total. The van der Waals surface area contributed by atoms with Gasteiger partial charge in [-0.15, -0.1) is 0 Å². The quantitative estimate of drug-likeness (QED) is 0.140. The van der Waals surface area contributed by atoms with Gasteiger partial charge in [0.05, 0.1) is 10.0 Å². The lowest BCUT2D eigenvalue weighted by molar-refractivity contribution is -0.112. The molecule has 1 amide bonds. The molecule has 0 saturated carbocycles. The molecule has 5 rings (SSSR count). The Balaban J connectivity index is 1.35. The number of anilines is 1. The van der Waals surface area contributed by atoms with Crippen molar-refractivity contribution in [2.45, 2.75) is 13.2 Å². The van der Waals surface area contributed by atoms with Crippen molar-refractivity contribution in [2.24, 2.45) is 0 Å². The van der Waals surface area contributed by atoms with E-state index < -0.39 is 5.91 Å². The Bertz CT molecular complexity index is 1760. The van der Waals surface area contributed by atoms with Gasteiger partial charge in [0, 0.05) is 11.3 Å².